The lowest BCUT2D eigenvalue weighted by atomic mass is 9.90. The van der Waals surface area contributed by atoms with Gasteiger partial charge in [-0.1, -0.05) is 72.3 Å². The number of aromatic hydroxyl groups is 2. The molecule has 6 aromatic rings. The van der Waals surface area contributed by atoms with Crippen molar-refractivity contribution < 1.29 is 34.8 Å². The van der Waals surface area contributed by atoms with Gasteiger partial charge in [-0.15, -0.1) is 0 Å². The molecule has 1 fully saturated rings. The Labute approximate surface area is 297 Å². The number of aliphatic imine (C=N–C) groups is 1. The molecule has 0 saturated carbocycles. The van der Waals surface area contributed by atoms with Crippen LogP contribution in [0.4, 0.5) is 5.69 Å². The Hall–Kier alpha value is -6.10. The van der Waals surface area contributed by atoms with Crippen LogP contribution in [-0.4, -0.2) is 69.3 Å². The maximum absolute atomic E-state index is 11.6. The average molecular weight is 702 g/mol. The van der Waals surface area contributed by atoms with Crippen LogP contribution >= 0.6 is 11.6 Å². The van der Waals surface area contributed by atoms with E-state index in [0.29, 0.717) is 37.7 Å². The second-order valence-corrected chi connectivity index (χ2v) is 12.6. The van der Waals surface area contributed by atoms with Crippen LogP contribution in [-0.2, 0) is 6.42 Å². The number of nitrogens with zero attached hydrogens (tertiary/aromatic N) is 2. The molecule has 0 amide bonds. The monoisotopic (exact) mass is 701 g/mol. The molecule has 6 aromatic carbocycles. The van der Waals surface area contributed by atoms with Crippen molar-refractivity contribution in [3.8, 4) is 23.0 Å². The van der Waals surface area contributed by atoms with E-state index in [-0.39, 0.29) is 17.5 Å². The number of fused-ring (bicyclic) bond motifs is 4. The Morgan fingerprint density at radius 1 is 0.725 bits per heavy atom. The second kappa shape index (κ2) is 14.0. The Morgan fingerprint density at radius 2 is 1.27 bits per heavy atom. The number of hydrogen-bond acceptors (Lipinski definition) is 8. The topological polar surface area (TPSA) is 152 Å². The van der Waals surface area contributed by atoms with Crippen molar-refractivity contribution in [3.63, 3.8) is 0 Å². The first-order valence-electron chi connectivity index (χ1n) is 16.2. The molecule has 11 heteroatoms. The fourth-order valence-electron chi connectivity index (χ4n) is 6.50. The minimum atomic E-state index is -1.28. The standard InChI is InChI=1S/C23H16O6.C17H16ClN3O/c24-20-16(14-7-3-1-5-12(14)9-18(20)22(26)27)11-17-15-8-4-2-6-13(15)10-19(21(17)25)23(28)29;18-12-5-6-15-13(11-12)17(21-9-7-19-8-10-21)20-14-3-1-2-4-16(14)22-15/h1-10,24-25H,11H2,(H,26,27)(H,28,29);1-6,11,19H,7-10H2. The number of nitrogens with one attached hydrogen (secondary N) is 1. The third kappa shape index (κ3) is 6.62. The summed E-state index contributed by atoms with van der Waals surface area (Å²) in [4.78, 5) is 30.4. The zero-order chi connectivity index (χ0) is 35.6. The van der Waals surface area contributed by atoms with Gasteiger partial charge in [0.1, 0.15) is 39.9 Å². The third-order valence-corrected chi connectivity index (χ3v) is 9.21. The number of phenols is 2. The van der Waals surface area contributed by atoms with E-state index in [9.17, 15) is 30.0 Å². The summed E-state index contributed by atoms with van der Waals surface area (Å²) < 4.78 is 6.06. The van der Waals surface area contributed by atoms with Gasteiger partial charge >= 0.3 is 11.9 Å². The number of halogens is 1. The van der Waals surface area contributed by atoms with Gasteiger partial charge in [-0.05, 0) is 64.0 Å². The molecule has 1 saturated heterocycles. The van der Waals surface area contributed by atoms with Crippen LogP contribution in [0.5, 0.6) is 23.0 Å². The van der Waals surface area contributed by atoms with Crippen molar-refractivity contribution in [2.24, 2.45) is 4.99 Å². The van der Waals surface area contributed by atoms with E-state index in [1.54, 1.807) is 48.5 Å². The number of rotatable bonds is 4. The highest BCUT2D eigenvalue weighted by molar-refractivity contribution is 6.31. The number of carbonyl (C=O) groups is 2. The normalized spacial score (nSPS) is 13.6. The SMILES string of the molecule is Clc1ccc2c(c1)C(N1CCNCC1)=Nc1ccccc1O2.O=C(O)c1cc2ccccc2c(Cc2c(O)c(C(=O)O)cc3ccccc23)c1O. The Balaban J connectivity index is 0.000000165. The van der Waals surface area contributed by atoms with E-state index < -0.39 is 23.4 Å². The molecule has 5 N–H and O–H groups in total. The maximum atomic E-state index is 11.6. The lowest BCUT2D eigenvalue weighted by Gasteiger charge is -2.30. The predicted molar refractivity (Wildman–Crippen MR) is 197 cm³/mol. The summed E-state index contributed by atoms with van der Waals surface area (Å²) in [7, 11) is 0. The molecule has 0 unspecified atom stereocenters. The zero-order valence-corrected chi connectivity index (χ0v) is 27.9. The van der Waals surface area contributed by atoms with Crippen molar-refractivity contribution in [3.05, 3.63) is 136 Å². The summed E-state index contributed by atoms with van der Waals surface area (Å²) in [6.07, 6.45) is -0.0407. The van der Waals surface area contributed by atoms with Gasteiger partial charge in [0.25, 0.3) is 0 Å². The fraction of sp³-hybridized carbons (Fsp3) is 0.125. The summed E-state index contributed by atoms with van der Waals surface area (Å²) >= 11 is 6.20. The van der Waals surface area contributed by atoms with Gasteiger partial charge in [-0.2, -0.15) is 0 Å². The van der Waals surface area contributed by atoms with E-state index in [2.05, 4.69) is 10.2 Å². The van der Waals surface area contributed by atoms with E-state index >= 15 is 0 Å². The van der Waals surface area contributed by atoms with Crippen LogP contribution in [0.2, 0.25) is 5.02 Å². The number of amidine groups is 1. The van der Waals surface area contributed by atoms with Crippen molar-refractivity contribution in [2.45, 2.75) is 6.42 Å². The van der Waals surface area contributed by atoms with Gasteiger partial charge < -0.3 is 35.4 Å². The van der Waals surface area contributed by atoms with Crippen molar-refractivity contribution in [2.75, 3.05) is 26.2 Å². The number of para-hydroxylation sites is 2. The first-order valence-corrected chi connectivity index (χ1v) is 16.6. The number of benzene rings is 6. The van der Waals surface area contributed by atoms with Gasteiger partial charge in [0, 0.05) is 48.7 Å². The number of hydrogen-bond donors (Lipinski definition) is 5. The first kappa shape index (κ1) is 33.4. The molecular formula is C40H32ClN3O7. The van der Waals surface area contributed by atoms with Crippen LogP contribution < -0.4 is 10.1 Å². The molecule has 2 aliphatic heterocycles. The lowest BCUT2D eigenvalue weighted by molar-refractivity contribution is 0.0682. The molecule has 2 heterocycles. The molecule has 0 spiro atoms. The zero-order valence-electron chi connectivity index (χ0n) is 27.1. The lowest BCUT2D eigenvalue weighted by Crippen LogP contribution is -2.46. The number of carboxylic acid groups (broad SMARTS) is 2. The maximum Gasteiger partial charge on any atom is 0.339 e. The Bertz CT molecular complexity index is 2270. The summed E-state index contributed by atoms with van der Waals surface area (Å²) in [5.74, 6) is -0.849. The van der Waals surface area contributed by atoms with Gasteiger partial charge in [-0.25, -0.2) is 14.6 Å². The van der Waals surface area contributed by atoms with Crippen molar-refractivity contribution in [1.82, 2.24) is 10.2 Å². The summed E-state index contributed by atoms with van der Waals surface area (Å²) in [5.41, 5.74) is 1.91. The van der Waals surface area contributed by atoms with Crippen LogP contribution in [0, 0.1) is 0 Å². The molecule has 0 aliphatic carbocycles. The smallest absolute Gasteiger partial charge is 0.339 e. The largest absolute Gasteiger partial charge is 0.507 e. The van der Waals surface area contributed by atoms with Crippen molar-refractivity contribution >= 4 is 56.6 Å². The van der Waals surface area contributed by atoms with Crippen LogP contribution in [0.1, 0.15) is 37.4 Å². The molecule has 2 aliphatic rings. The third-order valence-electron chi connectivity index (χ3n) is 8.98. The van der Waals surface area contributed by atoms with Crippen LogP contribution in [0.3, 0.4) is 0 Å². The van der Waals surface area contributed by atoms with E-state index in [0.717, 1.165) is 54.8 Å². The molecule has 10 nitrogen and oxygen atoms in total. The van der Waals surface area contributed by atoms with Gasteiger partial charge in [0.2, 0.25) is 0 Å². The number of carboxylic acids is 2. The van der Waals surface area contributed by atoms with E-state index in [1.807, 2.05) is 42.5 Å². The quantitative estimate of drug-likeness (QED) is 0.124. The van der Waals surface area contributed by atoms with Gasteiger partial charge in [-0.3, -0.25) is 0 Å². The molecular weight excluding hydrogens is 670 g/mol. The number of ether oxygens (including phenoxy) is 1. The molecule has 0 aromatic heterocycles. The number of aromatic carboxylic acids is 2. The van der Waals surface area contributed by atoms with Crippen molar-refractivity contribution in [1.29, 1.82) is 0 Å². The highest BCUT2D eigenvalue weighted by Gasteiger charge is 2.25. The molecule has 0 bridgehead atoms. The first-order chi connectivity index (χ1) is 24.7. The fourth-order valence-corrected chi connectivity index (χ4v) is 6.67. The number of piperazine rings is 1. The second-order valence-electron chi connectivity index (χ2n) is 12.1. The highest BCUT2D eigenvalue weighted by Crippen LogP contribution is 2.40. The molecule has 51 heavy (non-hydrogen) atoms. The molecule has 0 atom stereocenters. The summed E-state index contributed by atoms with van der Waals surface area (Å²) in [6, 6.07) is 30.3. The van der Waals surface area contributed by atoms with Gasteiger partial charge in [0.15, 0.2) is 5.75 Å². The summed E-state index contributed by atoms with van der Waals surface area (Å²) in [5, 5.41) is 46.9. The highest BCUT2D eigenvalue weighted by atomic mass is 35.5. The van der Waals surface area contributed by atoms with Crippen LogP contribution in [0.25, 0.3) is 21.5 Å². The Kier molecular flexibility index (Phi) is 9.18. The Morgan fingerprint density at radius 3 is 1.86 bits per heavy atom. The molecule has 256 valence electrons. The molecule has 0 radical (unpaired) electrons. The average Bonchev–Trinajstić information content (AvgIpc) is 3.30. The minimum Gasteiger partial charge on any atom is -0.507 e. The van der Waals surface area contributed by atoms with Gasteiger partial charge in [0.05, 0.1) is 5.56 Å². The van der Waals surface area contributed by atoms with E-state index in [4.69, 9.17) is 21.3 Å². The summed E-state index contributed by atoms with van der Waals surface area (Å²) in [6.45, 7) is 3.76. The minimum absolute atomic E-state index is 0.0407. The predicted octanol–water partition coefficient (Wildman–Crippen LogP) is 7.82. The van der Waals surface area contributed by atoms with E-state index in [1.165, 1.54) is 12.1 Å². The van der Waals surface area contributed by atoms with Crippen LogP contribution in [0.15, 0.2) is 108 Å². The molecule has 8 rings (SSSR count).